The number of nitrogens with two attached hydrogens (primary N) is 1. The summed E-state index contributed by atoms with van der Waals surface area (Å²) in [7, 11) is 0. The molecule has 21 heavy (non-hydrogen) atoms. The van der Waals surface area contributed by atoms with Gasteiger partial charge in [-0.2, -0.15) is 0 Å². The third-order valence-corrected chi connectivity index (χ3v) is 3.09. The fourth-order valence-electron chi connectivity index (χ4n) is 2.05. The summed E-state index contributed by atoms with van der Waals surface area (Å²) in [5.74, 6) is 0.492. The van der Waals surface area contributed by atoms with Crippen LogP contribution in [0.15, 0.2) is 47.5 Å². The Bertz CT molecular complexity index is 779. The van der Waals surface area contributed by atoms with Crippen LogP contribution in [0, 0.1) is 5.41 Å². The zero-order valence-corrected chi connectivity index (χ0v) is 10.8. The number of nitrogens with one attached hydrogen (secondary N) is 1. The fraction of sp³-hybridized carbons (Fsp3) is 0. The minimum Gasteiger partial charge on any atom is -0.478 e. The number of carboxylic acid groups (broad SMARTS) is 1. The molecule has 6 nitrogen and oxygen atoms in total. The molecule has 0 saturated carbocycles. The molecule has 0 amide bonds. The van der Waals surface area contributed by atoms with Crippen molar-refractivity contribution in [1.29, 1.82) is 5.41 Å². The molecule has 0 atom stereocenters. The van der Waals surface area contributed by atoms with Gasteiger partial charge >= 0.3 is 5.97 Å². The summed E-state index contributed by atoms with van der Waals surface area (Å²) >= 11 is 0. The van der Waals surface area contributed by atoms with Crippen LogP contribution >= 0.6 is 0 Å². The van der Waals surface area contributed by atoms with Gasteiger partial charge in [-0.3, -0.25) is 5.41 Å². The number of hydrogen-bond donors (Lipinski definition) is 3. The highest BCUT2D eigenvalue weighted by Crippen LogP contribution is 2.27. The molecule has 0 aromatic heterocycles. The van der Waals surface area contributed by atoms with E-state index < -0.39 is 5.97 Å². The molecule has 0 unspecified atom stereocenters. The van der Waals surface area contributed by atoms with Crippen molar-refractivity contribution in [3.63, 3.8) is 0 Å². The van der Waals surface area contributed by atoms with Crippen LogP contribution in [-0.2, 0) is 0 Å². The third-order valence-electron chi connectivity index (χ3n) is 3.09. The van der Waals surface area contributed by atoms with Crippen molar-refractivity contribution in [2.75, 3.05) is 0 Å². The van der Waals surface area contributed by atoms with Crippen LogP contribution in [0.3, 0.4) is 0 Å². The lowest BCUT2D eigenvalue weighted by molar-refractivity contribution is 0.0697. The SMILES string of the molecule is N=C1N=C(N)c2ccc(Oc3ccc(C(=O)O)cc3)cc21. The van der Waals surface area contributed by atoms with Crippen molar-refractivity contribution in [3.8, 4) is 11.5 Å². The molecular weight excluding hydrogens is 270 g/mol. The predicted octanol–water partition coefficient (Wildman–Crippen LogP) is 2.22. The molecule has 1 aliphatic heterocycles. The van der Waals surface area contributed by atoms with E-state index in [0.29, 0.717) is 28.5 Å². The van der Waals surface area contributed by atoms with Crippen LogP contribution in [0.5, 0.6) is 11.5 Å². The second-order valence-corrected chi connectivity index (χ2v) is 4.48. The molecule has 6 heteroatoms. The Morgan fingerprint density at radius 2 is 1.76 bits per heavy atom. The number of amidine groups is 2. The largest absolute Gasteiger partial charge is 0.478 e. The van der Waals surface area contributed by atoms with E-state index in [1.807, 2.05) is 0 Å². The first-order valence-electron chi connectivity index (χ1n) is 6.13. The molecule has 0 saturated heterocycles. The molecule has 2 aromatic rings. The number of carboxylic acids is 1. The molecule has 0 bridgehead atoms. The Morgan fingerprint density at radius 1 is 1.10 bits per heavy atom. The van der Waals surface area contributed by atoms with E-state index in [2.05, 4.69) is 4.99 Å². The zero-order chi connectivity index (χ0) is 15.0. The van der Waals surface area contributed by atoms with Crippen LogP contribution in [0.4, 0.5) is 0 Å². The number of ether oxygens (including phenoxy) is 1. The molecule has 4 N–H and O–H groups in total. The summed E-state index contributed by atoms with van der Waals surface area (Å²) in [6.45, 7) is 0. The number of rotatable bonds is 3. The van der Waals surface area contributed by atoms with Gasteiger partial charge in [0, 0.05) is 11.1 Å². The van der Waals surface area contributed by atoms with Crippen molar-refractivity contribution >= 4 is 17.6 Å². The maximum Gasteiger partial charge on any atom is 0.335 e. The number of fused-ring (bicyclic) bond motifs is 1. The monoisotopic (exact) mass is 281 g/mol. The molecule has 104 valence electrons. The lowest BCUT2D eigenvalue weighted by Gasteiger charge is -2.07. The van der Waals surface area contributed by atoms with E-state index in [1.165, 1.54) is 12.1 Å². The van der Waals surface area contributed by atoms with Gasteiger partial charge < -0.3 is 15.6 Å². The van der Waals surface area contributed by atoms with Gasteiger partial charge in [0.2, 0.25) is 0 Å². The number of hydrogen-bond acceptors (Lipinski definition) is 4. The highest BCUT2D eigenvalue weighted by molar-refractivity contribution is 6.20. The number of carbonyl (C=O) groups is 1. The summed E-state index contributed by atoms with van der Waals surface area (Å²) in [5.41, 5.74) is 7.22. The standard InChI is InChI=1S/C15H11N3O3/c16-13-11-6-5-10(7-12(11)14(17)18-13)21-9-3-1-8(2-4-9)15(19)20/h1-7H,(H,19,20)(H3,16,17,18). The predicted molar refractivity (Wildman–Crippen MR) is 77.5 cm³/mol. The van der Waals surface area contributed by atoms with Crippen LogP contribution in [0.2, 0.25) is 0 Å². The molecule has 1 heterocycles. The van der Waals surface area contributed by atoms with Crippen molar-refractivity contribution in [3.05, 3.63) is 59.2 Å². The van der Waals surface area contributed by atoms with Crippen molar-refractivity contribution in [1.82, 2.24) is 0 Å². The topological polar surface area (TPSA) is 109 Å². The van der Waals surface area contributed by atoms with Gasteiger partial charge in [-0.25, -0.2) is 9.79 Å². The summed E-state index contributed by atoms with van der Waals surface area (Å²) < 4.78 is 5.64. The molecular formula is C15H11N3O3. The van der Waals surface area contributed by atoms with E-state index in [4.69, 9.17) is 21.0 Å². The third kappa shape index (κ3) is 2.34. The first-order valence-corrected chi connectivity index (χ1v) is 6.13. The number of aromatic carboxylic acids is 1. The van der Waals surface area contributed by atoms with Crippen molar-refractivity contribution in [2.45, 2.75) is 0 Å². The average molecular weight is 281 g/mol. The Kier molecular flexibility index (Phi) is 2.91. The fourth-order valence-corrected chi connectivity index (χ4v) is 2.05. The number of aliphatic imine (C=N–C) groups is 1. The van der Waals surface area contributed by atoms with Gasteiger partial charge in [-0.15, -0.1) is 0 Å². The summed E-state index contributed by atoms with van der Waals surface area (Å²) in [6.07, 6.45) is 0. The number of nitrogens with zero attached hydrogens (tertiary/aromatic N) is 1. The van der Waals surface area contributed by atoms with Crippen LogP contribution < -0.4 is 10.5 Å². The summed E-state index contributed by atoms with van der Waals surface area (Å²) in [4.78, 5) is 14.7. The Hall–Kier alpha value is -3.15. The van der Waals surface area contributed by atoms with Gasteiger partial charge in [-0.1, -0.05) is 0 Å². The van der Waals surface area contributed by atoms with Gasteiger partial charge in [0.1, 0.15) is 17.3 Å². The molecule has 0 fully saturated rings. The maximum absolute atomic E-state index is 10.8. The second kappa shape index (κ2) is 4.75. The van der Waals surface area contributed by atoms with Gasteiger partial charge in [-0.05, 0) is 42.5 Å². The minimum absolute atomic E-state index is 0.106. The van der Waals surface area contributed by atoms with Crippen LogP contribution in [-0.4, -0.2) is 22.7 Å². The summed E-state index contributed by atoms with van der Waals surface area (Å²) in [6, 6.07) is 11.2. The Balaban J connectivity index is 1.85. The second-order valence-electron chi connectivity index (χ2n) is 4.48. The molecule has 3 rings (SSSR count). The van der Waals surface area contributed by atoms with Gasteiger partial charge in [0.05, 0.1) is 5.56 Å². The molecule has 2 aromatic carbocycles. The van der Waals surface area contributed by atoms with Crippen LogP contribution in [0.1, 0.15) is 21.5 Å². The van der Waals surface area contributed by atoms with Crippen LogP contribution in [0.25, 0.3) is 0 Å². The molecule has 0 radical (unpaired) electrons. The van der Waals surface area contributed by atoms with Gasteiger partial charge in [0.15, 0.2) is 5.84 Å². The molecule has 0 spiro atoms. The highest BCUT2D eigenvalue weighted by Gasteiger charge is 2.19. The van der Waals surface area contributed by atoms with E-state index in [-0.39, 0.29) is 11.4 Å². The average Bonchev–Trinajstić information content (AvgIpc) is 2.74. The Morgan fingerprint density at radius 3 is 2.43 bits per heavy atom. The van der Waals surface area contributed by atoms with E-state index >= 15 is 0 Å². The normalized spacial score (nSPS) is 12.8. The summed E-state index contributed by atoms with van der Waals surface area (Å²) in [5, 5.41) is 16.6. The molecule has 0 aliphatic carbocycles. The quantitative estimate of drug-likeness (QED) is 0.801. The maximum atomic E-state index is 10.8. The highest BCUT2D eigenvalue weighted by atomic mass is 16.5. The lowest BCUT2D eigenvalue weighted by Crippen LogP contribution is -2.10. The lowest BCUT2D eigenvalue weighted by atomic mass is 10.1. The van der Waals surface area contributed by atoms with E-state index in [0.717, 1.165) is 0 Å². The first-order chi connectivity index (χ1) is 10.0. The minimum atomic E-state index is -0.986. The Labute approximate surface area is 120 Å². The zero-order valence-electron chi connectivity index (χ0n) is 10.8. The first kappa shape index (κ1) is 12.9. The molecule has 1 aliphatic rings. The van der Waals surface area contributed by atoms with Crippen molar-refractivity contribution in [2.24, 2.45) is 10.7 Å². The van der Waals surface area contributed by atoms with E-state index in [1.54, 1.807) is 30.3 Å². The smallest absolute Gasteiger partial charge is 0.335 e. The van der Waals surface area contributed by atoms with Gasteiger partial charge in [0.25, 0.3) is 0 Å². The number of benzene rings is 2. The van der Waals surface area contributed by atoms with Crippen molar-refractivity contribution < 1.29 is 14.6 Å². The van der Waals surface area contributed by atoms with E-state index in [9.17, 15) is 4.79 Å².